The molecule has 0 spiro atoms. The number of carbonyl (C=O) groups is 1. The van der Waals surface area contributed by atoms with Crippen LogP contribution >= 0.6 is 0 Å². The average molecular weight is 351 g/mol. The molecule has 2 aromatic carbocycles. The van der Waals surface area contributed by atoms with Crippen molar-refractivity contribution in [2.24, 2.45) is 0 Å². The highest BCUT2D eigenvalue weighted by Gasteiger charge is 2.09. The van der Waals surface area contributed by atoms with E-state index in [1.807, 2.05) is 54.6 Å². The zero-order chi connectivity index (χ0) is 18.4. The predicted octanol–water partition coefficient (Wildman–Crippen LogP) is 3.56. The van der Waals surface area contributed by atoms with E-state index in [1.54, 1.807) is 12.1 Å². The Morgan fingerprint density at radius 2 is 1.81 bits per heavy atom. The molecule has 2 N–H and O–H groups in total. The Hall–Kier alpha value is -2.89. The smallest absolute Gasteiger partial charge is 0.337 e. The molecule has 0 unspecified atom stereocenters. The fourth-order valence-corrected chi connectivity index (χ4v) is 2.64. The number of ether oxygens (including phenoxy) is 1. The SMILES string of the molecule is COC(=O)c1ccc(-c2ccc(CNC[C@@H](O)c3ccccc3)o2)cc1. The Morgan fingerprint density at radius 1 is 1.08 bits per heavy atom. The highest BCUT2D eigenvalue weighted by Crippen LogP contribution is 2.23. The van der Waals surface area contributed by atoms with Gasteiger partial charge in [-0.15, -0.1) is 0 Å². The Bertz CT molecular complexity index is 840. The van der Waals surface area contributed by atoms with Crippen LogP contribution in [0.3, 0.4) is 0 Å². The van der Waals surface area contributed by atoms with Gasteiger partial charge in [0, 0.05) is 12.1 Å². The maximum atomic E-state index is 11.5. The van der Waals surface area contributed by atoms with Crippen molar-refractivity contribution in [3.63, 3.8) is 0 Å². The van der Waals surface area contributed by atoms with E-state index in [4.69, 9.17) is 9.15 Å². The normalized spacial score (nSPS) is 11.9. The Balaban J connectivity index is 1.55. The summed E-state index contributed by atoms with van der Waals surface area (Å²) in [7, 11) is 1.36. The summed E-state index contributed by atoms with van der Waals surface area (Å²) in [5.74, 6) is 1.14. The van der Waals surface area contributed by atoms with E-state index >= 15 is 0 Å². The number of nitrogens with one attached hydrogen (secondary N) is 1. The van der Waals surface area contributed by atoms with Crippen LogP contribution in [0.15, 0.2) is 71.1 Å². The summed E-state index contributed by atoms with van der Waals surface area (Å²) >= 11 is 0. The van der Waals surface area contributed by atoms with Gasteiger partial charge in [0.1, 0.15) is 11.5 Å². The van der Waals surface area contributed by atoms with E-state index in [-0.39, 0.29) is 5.97 Å². The van der Waals surface area contributed by atoms with Crippen LogP contribution in [0.5, 0.6) is 0 Å². The van der Waals surface area contributed by atoms with Crippen molar-refractivity contribution in [2.45, 2.75) is 12.6 Å². The van der Waals surface area contributed by atoms with Crippen LogP contribution in [0.1, 0.15) is 27.8 Å². The van der Waals surface area contributed by atoms with Crippen LogP contribution in [-0.2, 0) is 11.3 Å². The lowest BCUT2D eigenvalue weighted by molar-refractivity contribution is 0.0600. The molecular weight excluding hydrogens is 330 g/mol. The van der Waals surface area contributed by atoms with Gasteiger partial charge in [-0.2, -0.15) is 0 Å². The third-order valence-electron chi connectivity index (χ3n) is 4.07. The van der Waals surface area contributed by atoms with Gasteiger partial charge in [0.2, 0.25) is 0 Å². The Kier molecular flexibility index (Phi) is 5.84. The van der Waals surface area contributed by atoms with Crippen molar-refractivity contribution in [1.29, 1.82) is 0 Å². The summed E-state index contributed by atoms with van der Waals surface area (Å²) < 4.78 is 10.5. The molecule has 0 fully saturated rings. The minimum absolute atomic E-state index is 0.363. The minimum atomic E-state index is -0.559. The van der Waals surface area contributed by atoms with E-state index < -0.39 is 6.10 Å². The third kappa shape index (κ3) is 4.39. The van der Waals surface area contributed by atoms with Crippen molar-refractivity contribution < 1.29 is 19.1 Å². The van der Waals surface area contributed by atoms with Crippen LogP contribution in [0.2, 0.25) is 0 Å². The van der Waals surface area contributed by atoms with Crippen molar-refractivity contribution >= 4 is 5.97 Å². The lowest BCUT2D eigenvalue weighted by Crippen LogP contribution is -2.20. The van der Waals surface area contributed by atoms with Crippen molar-refractivity contribution in [1.82, 2.24) is 5.32 Å². The summed E-state index contributed by atoms with van der Waals surface area (Å²) in [6, 6.07) is 20.4. The third-order valence-corrected chi connectivity index (χ3v) is 4.07. The van der Waals surface area contributed by atoms with Gasteiger partial charge in [0.25, 0.3) is 0 Å². The molecule has 1 heterocycles. The molecule has 3 rings (SSSR count). The number of furan rings is 1. The molecule has 5 heteroatoms. The maximum absolute atomic E-state index is 11.5. The van der Waals surface area contributed by atoms with E-state index in [9.17, 15) is 9.90 Å². The second-order valence-corrected chi connectivity index (χ2v) is 5.89. The van der Waals surface area contributed by atoms with E-state index in [0.29, 0.717) is 18.7 Å². The van der Waals surface area contributed by atoms with Gasteiger partial charge >= 0.3 is 5.97 Å². The van der Waals surface area contributed by atoms with Crippen LogP contribution in [-0.4, -0.2) is 24.7 Å². The lowest BCUT2D eigenvalue weighted by Gasteiger charge is -2.11. The second-order valence-electron chi connectivity index (χ2n) is 5.89. The molecule has 0 saturated heterocycles. The molecule has 0 aliphatic heterocycles. The van der Waals surface area contributed by atoms with Crippen LogP contribution in [0, 0.1) is 0 Å². The molecule has 134 valence electrons. The van der Waals surface area contributed by atoms with Gasteiger partial charge in [-0.3, -0.25) is 0 Å². The Labute approximate surface area is 152 Å². The molecule has 0 bridgehead atoms. The first kappa shape index (κ1) is 17.9. The standard InChI is InChI=1S/C21H21NO4/c1-25-21(24)17-9-7-16(8-10-17)20-12-11-18(26-20)13-22-14-19(23)15-5-3-2-4-6-15/h2-12,19,22-23H,13-14H2,1H3/t19-/m1/s1. The molecule has 0 amide bonds. The fraction of sp³-hybridized carbons (Fsp3) is 0.190. The van der Waals surface area contributed by atoms with Crippen LogP contribution < -0.4 is 5.32 Å². The van der Waals surface area contributed by atoms with Gasteiger partial charge < -0.3 is 19.6 Å². The van der Waals surface area contributed by atoms with Crippen molar-refractivity contribution in [3.05, 3.63) is 83.6 Å². The monoisotopic (exact) mass is 351 g/mol. The molecular formula is C21H21NO4. The number of carbonyl (C=O) groups excluding carboxylic acids is 1. The van der Waals surface area contributed by atoms with Gasteiger partial charge in [0.15, 0.2) is 0 Å². The lowest BCUT2D eigenvalue weighted by atomic mass is 10.1. The predicted molar refractivity (Wildman–Crippen MR) is 98.6 cm³/mol. The van der Waals surface area contributed by atoms with Gasteiger partial charge in [0.05, 0.1) is 25.3 Å². The van der Waals surface area contributed by atoms with E-state index in [1.165, 1.54) is 7.11 Å². The number of esters is 1. The quantitative estimate of drug-likeness (QED) is 0.637. The molecule has 1 atom stereocenters. The zero-order valence-corrected chi connectivity index (χ0v) is 14.5. The van der Waals surface area contributed by atoms with Crippen molar-refractivity contribution in [3.8, 4) is 11.3 Å². The molecule has 0 saturated carbocycles. The van der Waals surface area contributed by atoms with Crippen LogP contribution in [0.25, 0.3) is 11.3 Å². The molecule has 0 aliphatic rings. The molecule has 1 aromatic heterocycles. The van der Waals surface area contributed by atoms with E-state index in [0.717, 1.165) is 22.6 Å². The number of hydrogen-bond donors (Lipinski definition) is 2. The summed E-state index contributed by atoms with van der Waals surface area (Å²) in [4.78, 5) is 11.5. The number of rotatable bonds is 7. The zero-order valence-electron chi connectivity index (χ0n) is 14.5. The molecule has 3 aromatic rings. The fourth-order valence-electron chi connectivity index (χ4n) is 2.64. The molecule has 26 heavy (non-hydrogen) atoms. The highest BCUT2D eigenvalue weighted by molar-refractivity contribution is 5.89. The molecule has 5 nitrogen and oxygen atoms in total. The first-order valence-electron chi connectivity index (χ1n) is 8.38. The largest absolute Gasteiger partial charge is 0.465 e. The number of benzene rings is 2. The summed E-state index contributed by atoms with van der Waals surface area (Å²) in [6.45, 7) is 0.956. The number of aliphatic hydroxyl groups excluding tert-OH is 1. The first-order chi connectivity index (χ1) is 12.7. The van der Waals surface area contributed by atoms with E-state index in [2.05, 4.69) is 5.32 Å². The molecule has 0 radical (unpaired) electrons. The summed E-state index contributed by atoms with van der Waals surface area (Å²) in [5.41, 5.74) is 2.26. The highest BCUT2D eigenvalue weighted by atomic mass is 16.5. The van der Waals surface area contributed by atoms with Crippen LogP contribution in [0.4, 0.5) is 0 Å². The maximum Gasteiger partial charge on any atom is 0.337 e. The topological polar surface area (TPSA) is 71.7 Å². The van der Waals surface area contributed by atoms with Gasteiger partial charge in [-0.05, 0) is 29.8 Å². The number of aliphatic hydroxyl groups is 1. The number of methoxy groups -OCH3 is 1. The van der Waals surface area contributed by atoms with Gasteiger partial charge in [-0.1, -0.05) is 42.5 Å². The molecule has 0 aliphatic carbocycles. The summed E-state index contributed by atoms with van der Waals surface area (Å²) in [5, 5.41) is 13.3. The first-order valence-corrected chi connectivity index (χ1v) is 8.38. The van der Waals surface area contributed by atoms with Gasteiger partial charge in [-0.25, -0.2) is 4.79 Å². The van der Waals surface area contributed by atoms with Crippen molar-refractivity contribution in [2.75, 3.05) is 13.7 Å². The Morgan fingerprint density at radius 3 is 2.50 bits per heavy atom. The second kappa shape index (κ2) is 8.47. The number of hydrogen-bond acceptors (Lipinski definition) is 5. The summed E-state index contributed by atoms with van der Waals surface area (Å²) in [6.07, 6.45) is -0.559. The average Bonchev–Trinajstić information content (AvgIpc) is 3.17. The minimum Gasteiger partial charge on any atom is -0.465 e.